The lowest BCUT2D eigenvalue weighted by atomic mass is 9.52. The third kappa shape index (κ3) is 3.40. The predicted octanol–water partition coefficient (Wildman–Crippen LogP) is 3.59. The van der Waals surface area contributed by atoms with E-state index in [0.717, 1.165) is 30.4 Å². The van der Waals surface area contributed by atoms with Crippen molar-refractivity contribution >= 4 is 11.9 Å². The molecule has 0 heterocycles. The summed E-state index contributed by atoms with van der Waals surface area (Å²) >= 11 is 0. The van der Waals surface area contributed by atoms with Gasteiger partial charge in [-0.25, -0.2) is 0 Å². The number of carbonyl (C=O) groups is 2. The summed E-state index contributed by atoms with van der Waals surface area (Å²) in [7, 11) is 0. The van der Waals surface area contributed by atoms with E-state index >= 15 is 0 Å². The zero-order valence-corrected chi connectivity index (χ0v) is 18.5. The number of ether oxygens (including phenoxy) is 2. The van der Waals surface area contributed by atoms with E-state index in [0.29, 0.717) is 18.6 Å². The van der Waals surface area contributed by atoms with E-state index in [-0.39, 0.29) is 17.8 Å². The molecule has 0 saturated heterocycles. The number of nitrogens with zero attached hydrogens (tertiary/aromatic N) is 1. The van der Waals surface area contributed by atoms with E-state index in [9.17, 15) is 19.7 Å². The Hall–Kier alpha value is -3.08. The molecule has 1 aromatic rings. The molecule has 0 aliphatic heterocycles. The highest BCUT2D eigenvalue weighted by Crippen LogP contribution is 2.65. The van der Waals surface area contributed by atoms with Gasteiger partial charge in [0, 0.05) is 25.2 Å². The van der Waals surface area contributed by atoms with Gasteiger partial charge in [0.25, 0.3) is 5.09 Å². The van der Waals surface area contributed by atoms with Crippen molar-refractivity contribution in [1.29, 1.82) is 0 Å². The van der Waals surface area contributed by atoms with Crippen LogP contribution in [-0.4, -0.2) is 28.7 Å². The molecule has 170 valence electrons. The van der Waals surface area contributed by atoms with Crippen LogP contribution in [0.4, 0.5) is 0 Å². The molecule has 3 aliphatic carbocycles. The van der Waals surface area contributed by atoms with Gasteiger partial charge >= 0.3 is 11.9 Å². The minimum absolute atomic E-state index is 0.0940. The molecule has 4 rings (SSSR count). The maximum Gasteiger partial charge on any atom is 0.308 e. The summed E-state index contributed by atoms with van der Waals surface area (Å²) in [6.07, 6.45) is 8.34. The highest BCUT2D eigenvalue weighted by atomic mass is 17.0. The Bertz CT molecular complexity index is 1010. The first-order valence-electron chi connectivity index (χ1n) is 10.9. The molecule has 0 bridgehead atoms. The second kappa shape index (κ2) is 7.80. The Morgan fingerprint density at radius 2 is 2.00 bits per heavy atom. The van der Waals surface area contributed by atoms with Gasteiger partial charge in [-0.1, -0.05) is 18.9 Å². The number of rotatable bonds is 4. The molecule has 0 spiro atoms. The van der Waals surface area contributed by atoms with Crippen LogP contribution in [0.15, 0.2) is 18.2 Å². The van der Waals surface area contributed by atoms with E-state index in [1.807, 2.05) is 19.1 Å². The van der Waals surface area contributed by atoms with Crippen molar-refractivity contribution in [3.8, 4) is 18.1 Å². The van der Waals surface area contributed by atoms with Crippen molar-refractivity contribution in [2.45, 2.75) is 70.5 Å². The maximum atomic E-state index is 11.9. The number of carbonyl (C=O) groups excluding carboxylic acids is 2. The normalized spacial score (nSPS) is 34.8. The first-order valence-corrected chi connectivity index (χ1v) is 10.9. The zero-order valence-electron chi connectivity index (χ0n) is 18.5. The SMILES string of the molecule is C#C[C@]1(OC(C)=O)CC[C@H]2[C@@H]3CCc4cc(OC(C)=O)ccc4[C@H]3[C@H](O[N+](=O)[O-])C[C@@]21C. The van der Waals surface area contributed by atoms with Gasteiger partial charge in [0.2, 0.25) is 0 Å². The summed E-state index contributed by atoms with van der Waals surface area (Å²) in [6.45, 7) is 4.67. The fourth-order valence-corrected chi connectivity index (χ4v) is 6.72. The van der Waals surface area contributed by atoms with Crippen molar-refractivity contribution in [1.82, 2.24) is 0 Å². The minimum atomic E-state index is -1.11. The number of terminal acetylenes is 1. The maximum absolute atomic E-state index is 11.9. The van der Waals surface area contributed by atoms with Crippen LogP contribution in [0.5, 0.6) is 5.75 Å². The molecule has 8 nitrogen and oxygen atoms in total. The summed E-state index contributed by atoms with van der Waals surface area (Å²) in [6, 6.07) is 5.45. The van der Waals surface area contributed by atoms with Crippen molar-refractivity contribution in [3.05, 3.63) is 39.4 Å². The molecule has 0 amide bonds. The monoisotopic (exact) mass is 441 g/mol. The van der Waals surface area contributed by atoms with Gasteiger partial charge in [0.15, 0.2) is 5.60 Å². The number of hydrogen-bond donors (Lipinski definition) is 0. The Balaban J connectivity index is 1.76. The Morgan fingerprint density at radius 3 is 2.62 bits per heavy atom. The summed E-state index contributed by atoms with van der Waals surface area (Å²) in [5.41, 5.74) is 0.250. The lowest BCUT2D eigenvalue weighted by Gasteiger charge is -2.54. The number of fused-ring (bicyclic) bond motifs is 5. The van der Waals surface area contributed by atoms with E-state index < -0.39 is 34.1 Å². The fraction of sp³-hybridized carbons (Fsp3) is 0.583. The number of benzene rings is 1. The average Bonchev–Trinajstić information content (AvgIpc) is 2.98. The molecule has 0 N–H and O–H groups in total. The fourth-order valence-electron chi connectivity index (χ4n) is 6.72. The molecular weight excluding hydrogens is 414 g/mol. The molecule has 8 heteroatoms. The van der Waals surface area contributed by atoms with Gasteiger partial charge in [0.1, 0.15) is 11.9 Å². The topological polar surface area (TPSA) is 105 Å². The zero-order chi connectivity index (χ0) is 23.3. The van der Waals surface area contributed by atoms with Gasteiger partial charge < -0.3 is 14.3 Å². The molecule has 6 atom stereocenters. The van der Waals surface area contributed by atoms with E-state index in [4.69, 9.17) is 20.7 Å². The lowest BCUT2D eigenvalue weighted by Crippen LogP contribution is -2.56. The largest absolute Gasteiger partial charge is 0.445 e. The van der Waals surface area contributed by atoms with Crippen LogP contribution in [0.2, 0.25) is 0 Å². The summed E-state index contributed by atoms with van der Waals surface area (Å²) in [5.74, 6) is 2.39. The molecule has 3 aliphatic rings. The molecule has 1 aromatic carbocycles. The molecule has 2 saturated carbocycles. The lowest BCUT2D eigenvalue weighted by molar-refractivity contribution is -0.771. The van der Waals surface area contributed by atoms with Crippen LogP contribution >= 0.6 is 0 Å². The second-order valence-electron chi connectivity index (χ2n) is 9.38. The molecule has 0 radical (unpaired) electrons. The van der Waals surface area contributed by atoms with Crippen molar-refractivity contribution in [2.24, 2.45) is 17.3 Å². The van der Waals surface area contributed by atoms with Crippen LogP contribution < -0.4 is 4.74 Å². The van der Waals surface area contributed by atoms with E-state index in [1.165, 1.54) is 13.8 Å². The molecule has 2 fully saturated rings. The Labute approximate surface area is 186 Å². The molecule has 32 heavy (non-hydrogen) atoms. The Kier molecular flexibility index (Phi) is 5.40. The van der Waals surface area contributed by atoms with E-state index in [1.54, 1.807) is 6.07 Å². The standard InChI is InChI=1S/C24H27NO7/c1-5-24(31-15(3)27)11-10-20-19-8-6-16-12-17(30-14(2)26)7-9-18(16)22(19)21(32-25(28)29)13-23(20,24)4/h1,7,9,12,19-22H,6,8,10-11,13H2,2-4H3/t19-,20-,21+,22+,23-,24-/m0/s1. The predicted molar refractivity (Wildman–Crippen MR) is 113 cm³/mol. The molecule has 0 aromatic heterocycles. The smallest absolute Gasteiger partial charge is 0.308 e. The van der Waals surface area contributed by atoms with Crippen LogP contribution in [0, 0.1) is 39.7 Å². The van der Waals surface area contributed by atoms with Crippen LogP contribution in [0.3, 0.4) is 0 Å². The molecular formula is C24H27NO7. The highest BCUT2D eigenvalue weighted by Gasteiger charge is 2.66. The summed E-state index contributed by atoms with van der Waals surface area (Å²) < 4.78 is 10.9. The van der Waals surface area contributed by atoms with Gasteiger partial charge in [-0.2, -0.15) is 0 Å². The van der Waals surface area contributed by atoms with Crippen molar-refractivity contribution in [2.75, 3.05) is 0 Å². The van der Waals surface area contributed by atoms with Crippen LogP contribution in [0.25, 0.3) is 0 Å². The highest BCUT2D eigenvalue weighted by molar-refractivity contribution is 5.69. The first-order chi connectivity index (χ1) is 15.1. The minimum Gasteiger partial charge on any atom is -0.445 e. The van der Waals surface area contributed by atoms with Gasteiger partial charge in [-0.15, -0.1) is 16.5 Å². The van der Waals surface area contributed by atoms with Crippen molar-refractivity contribution in [3.63, 3.8) is 0 Å². The third-order valence-corrected chi connectivity index (χ3v) is 7.81. The number of hydrogen-bond acceptors (Lipinski definition) is 7. The van der Waals surface area contributed by atoms with Crippen molar-refractivity contribution < 1.29 is 29.0 Å². The van der Waals surface area contributed by atoms with Gasteiger partial charge in [-0.05, 0) is 67.2 Å². The Morgan fingerprint density at radius 1 is 1.25 bits per heavy atom. The molecule has 0 unspecified atom stereocenters. The van der Waals surface area contributed by atoms with Gasteiger partial charge in [0.05, 0.1) is 0 Å². The second-order valence-corrected chi connectivity index (χ2v) is 9.38. The first kappa shape index (κ1) is 22.1. The van der Waals surface area contributed by atoms with Crippen LogP contribution in [-0.2, 0) is 25.6 Å². The number of esters is 2. The van der Waals surface area contributed by atoms with Crippen LogP contribution in [0.1, 0.15) is 63.5 Å². The third-order valence-electron chi connectivity index (χ3n) is 7.81. The van der Waals surface area contributed by atoms with Gasteiger partial charge in [-0.3, -0.25) is 9.59 Å². The summed E-state index contributed by atoms with van der Waals surface area (Å²) in [4.78, 5) is 39.9. The summed E-state index contributed by atoms with van der Waals surface area (Å²) in [5, 5.41) is 10.7. The van der Waals surface area contributed by atoms with E-state index in [2.05, 4.69) is 5.92 Å². The quantitative estimate of drug-likeness (QED) is 0.231. The number of aryl methyl sites for hydroxylation is 1. The average molecular weight is 441 g/mol.